The van der Waals surface area contributed by atoms with Gasteiger partial charge in [0.2, 0.25) is 5.91 Å². The lowest BCUT2D eigenvalue weighted by atomic mass is 9.68. The first-order chi connectivity index (χ1) is 7.77. The maximum atomic E-state index is 11.0. The molecule has 0 saturated heterocycles. The lowest BCUT2D eigenvalue weighted by molar-refractivity contribution is -0.119. The molecule has 2 fully saturated rings. The van der Waals surface area contributed by atoms with Gasteiger partial charge in [0.25, 0.3) is 0 Å². The Bertz CT molecular complexity index is 324. The Morgan fingerprint density at radius 3 is 2.59 bits per heavy atom. The van der Waals surface area contributed by atoms with Crippen LogP contribution in [0.25, 0.3) is 0 Å². The number of amides is 1. The molecule has 2 bridgehead atoms. The topological polar surface area (TPSA) is 81.1 Å². The summed E-state index contributed by atoms with van der Waals surface area (Å²) in [6, 6.07) is -0.132. The molecule has 0 radical (unpaired) electrons. The van der Waals surface area contributed by atoms with E-state index in [1.54, 1.807) is 0 Å². The van der Waals surface area contributed by atoms with Crippen LogP contribution in [0.15, 0.2) is 0 Å². The Labute approximate surface area is 103 Å². The van der Waals surface area contributed by atoms with Crippen molar-refractivity contribution in [3.8, 4) is 0 Å². The minimum absolute atomic E-state index is 0.296. The van der Waals surface area contributed by atoms with Crippen LogP contribution in [-0.4, -0.2) is 24.5 Å². The zero-order chi connectivity index (χ0) is 12.8. The van der Waals surface area contributed by atoms with Crippen LogP contribution in [0.4, 0.5) is 0 Å². The number of primary amides is 1. The second-order valence-electron chi connectivity index (χ2n) is 6.77. The van der Waals surface area contributed by atoms with Crippen LogP contribution in [0.5, 0.6) is 0 Å². The molecule has 1 amide bonds. The summed E-state index contributed by atoms with van der Waals surface area (Å²) in [5.41, 5.74) is 11.5. The second-order valence-corrected chi connectivity index (χ2v) is 6.77. The quantitative estimate of drug-likeness (QED) is 0.672. The summed E-state index contributed by atoms with van der Waals surface area (Å²) >= 11 is 0. The number of nitrogens with one attached hydrogen (secondary N) is 1. The summed E-state index contributed by atoms with van der Waals surface area (Å²) in [5, 5.41) is 3.50. The third-order valence-electron chi connectivity index (χ3n) is 5.18. The van der Waals surface area contributed by atoms with Gasteiger partial charge in [0.1, 0.15) is 0 Å². The van der Waals surface area contributed by atoms with Crippen LogP contribution in [0, 0.1) is 16.7 Å². The molecule has 2 aliphatic carbocycles. The van der Waals surface area contributed by atoms with Gasteiger partial charge in [-0.15, -0.1) is 0 Å². The normalized spacial score (nSPS) is 40.5. The molecule has 5 N–H and O–H groups in total. The fourth-order valence-corrected chi connectivity index (χ4v) is 4.16. The van der Waals surface area contributed by atoms with Crippen molar-refractivity contribution in [2.24, 2.45) is 28.2 Å². The van der Waals surface area contributed by atoms with Crippen molar-refractivity contribution in [3.05, 3.63) is 0 Å². The lowest BCUT2D eigenvalue weighted by Gasteiger charge is -2.43. The molecular weight excluding hydrogens is 214 g/mol. The maximum absolute atomic E-state index is 11.0. The number of carbonyl (C=O) groups is 1. The van der Waals surface area contributed by atoms with E-state index in [1.165, 1.54) is 19.3 Å². The summed E-state index contributed by atoms with van der Waals surface area (Å²) in [6.45, 7) is 7.51. The Kier molecular flexibility index (Phi) is 2.99. The number of hydrogen-bond acceptors (Lipinski definition) is 3. The summed E-state index contributed by atoms with van der Waals surface area (Å²) in [6.07, 6.45) is 3.91. The van der Waals surface area contributed by atoms with Crippen molar-refractivity contribution in [1.82, 2.24) is 5.32 Å². The molecule has 17 heavy (non-hydrogen) atoms. The van der Waals surface area contributed by atoms with Gasteiger partial charge in [-0.1, -0.05) is 20.8 Å². The van der Waals surface area contributed by atoms with Crippen molar-refractivity contribution in [3.63, 3.8) is 0 Å². The highest BCUT2D eigenvalue weighted by atomic mass is 16.1. The Morgan fingerprint density at radius 2 is 2.12 bits per heavy atom. The van der Waals surface area contributed by atoms with Crippen LogP contribution in [0.1, 0.15) is 40.0 Å². The standard InChI is InChI=1S/C13H25N3O/c1-12(2)8-4-5-13(3,6-8)11(12)16-7-9(14)10(15)17/h8-9,11,16H,4-7,14H2,1-3H3,(H2,15,17). The van der Waals surface area contributed by atoms with E-state index in [2.05, 4.69) is 26.1 Å². The third kappa shape index (κ3) is 1.97. The largest absolute Gasteiger partial charge is 0.368 e. The molecule has 0 aromatic carbocycles. The first kappa shape index (κ1) is 12.8. The first-order valence-corrected chi connectivity index (χ1v) is 6.55. The second kappa shape index (κ2) is 3.95. The van der Waals surface area contributed by atoms with Crippen LogP contribution in [0.3, 0.4) is 0 Å². The molecule has 0 heterocycles. The molecule has 4 atom stereocenters. The van der Waals surface area contributed by atoms with Gasteiger partial charge in [-0.2, -0.15) is 0 Å². The van der Waals surface area contributed by atoms with E-state index >= 15 is 0 Å². The van der Waals surface area contributed by atoms with Gasteiger partial charge in [-0.3, -0.25) is 4.79 Å². The molecule has 2 aliphatic rings. The van der Waals surface area contributed by atoms with Crippen LogP contribution in [-0.2, 0) is 4.79 Å². The predicted molar refractivity (Wildman–Crippen MR) is 68.2 cm³/mol. The minimum atomic E-state index is -0.575. The summed E-state index contributed by atoms with van der Waals surface area (Å²) < 4.78 is 0. The summed E-state index contributed by atoms with van der Waals surface area (Å²) in [4.78, 5) is 11.0. The average molecular weight is 239 g/mol. The molecule has 4 unspecified atom stereocenters. The van der Waals surface area contributed by atoms with Crippen molar-refractivity contribution in [2.75, 3.05) is 6.54 Å². The van der Waals surface area contributed by atoms with Gasteiger partial charge >= 0.3 is 0 Å². The molecule has 2 rings (SSSR count). The monoisotopic (exact) mass is 239 g/mol. The first-order valence-electron chi connectivity index (χ1n) is 6.55. The zero-order valence-corrected chi connectivity index (χ0v) is 11.1. The van der Waals surface area contributed by atoms with E-state index in [-0.39, 0.29) is 0 Å². The Balaban J connectivity index is 2.03. The molecule has 2 saturated carbocycles. The average Bonchev–Trinajstić information content (AvgIpc) is 2.68. The van der Waals surface area contributed by atoms with Crippen LogP contribution >= 0.6 is 0 Å². The van der Waals surface area contributed by atoms with Crippen molar-refractivity contribution in [2.45, 2.75) is 52.1 Å². The van der Waals surface area contributed by atoms with Gasteiger partial charge in [0, 0.05) is 12.6 Å². The van der Waals surface area contributed by atoms with E-state index in [0.717, 1.165) is 5.92 Å². The lowest BCUT2D eigenvalue weighted by Crippen LogP contribution is -2.55. The molecule has 4 heteroatoms. The minimum Gasteiger partial charge on any atom is -0.368 e. The number of nitrogens with two attached hydrogens (primary N) is 2. The number of hydrogen-bond donors (Lipinski definition) is 3. The SMILES string of the molecule is CC12CCC(C1)C(C)(C)C2NCC(N)C(N)=O. The fourth-order valence-electron chi connectivity index (χ4n) is 4.16. The van der Waals surface area contributed by atoms with Crippen molar-refractivity contribution in [1.29, 1.82) is 0 Å². The third-order valence-corrected chi connectivity index (χ3v) is 5.18. The van der Waals surface area contributed by atoms with Crippen molar-refractivity contribution < 1.29 is 4.79 Å². The van der Waals surface area contributed by atoms with Gasteiger partial charge in [-0.05, 0) is 36.0 Å². The zero-order valence-electron chi connectivity index (χ0n) is 11.1. The Morgan fingerprint density at radius 1 is 1.47 bits per heavy atom. The van der Waals surface area contributed by atoms with E-state index in [4.69, 9.17) is 11.5 Å². The number of carbonyl (C=O) groups excluding carboxylic acids is 1. The highest BCUT2D eigenvalue weighted by Crippen LogP contribution is 2.62. The molecule has 4 nitrogen and oxygen atoms in total. The van der Waals surface area contributed by atoms with E-state index in [9.17, 15) is 4.79 Å². The smallest absolute Gasteiger partial charge is 0.235 e. The molecule has 0 aliphatic heterocycles. The van der Waals surface area contributed by atoms with Crippen molar-refractivity contribution >= 4 is 5.91 Å². The summed E-state index contributed by atoms with van der Waals surface area (Å²) in [5.74, 6) is 0.374. The fraction of sp³-hybridized carbons (Fsp3) is 0.923. The van der Waals surface area contributed by atoms with E-state index in [1.807, 2.05) is 0 Å². The Hall–Kier alpha value is -0.610. The maximum Gasteiger partial charge on any atom is 0.235 e. The van der Waals surface area contributed by atoms with Crippen LogP contribution < -0.4 is 16.8 Å². The molecular formula is C13H25N3O. The molecule has 98 valence electrons. The molecule has 0 aromatic rings. The van der Waals surface area contributed by atoms with Crippen LogP contribution in [0.2, 0.25) is 0 Å². The van der Waals surface area contributed by atoms with Gasteiger partial charge in [-0.25, -0.2) is 0 Å². The van der Waals surface area contributed by atoms with E-state index < -0.39 is 11.9 Å². The van der Waals surface area contributed by atoms with Gasteiger partial charge in [0.05, 0.1) is 6.04 Å². The van der Waals surface area contributed by atoms with E-state index in [0.29, 0.717) is 23.4 Å². The molecule has 0 spiro atoms. The molecule has 0 aromatic heterocycles. The van der Waals surface area contributed by atoms with Gasteiger partial charge < -0.3 is 16.8 Å². The predicted octanol–water partition coefficient (Wildman–Crippen LogP) is 0.603. The van der Waals surface area contributed by atoms with Gasteiger partial charge in [0.15, 0.2) is 0 Å². The highest BCUT2D eigenvalue weighted by Gasteiger charge is 2.58. The number of rotatable bonds is 4. The number of fused-ring (bicyclic) bond motifs is 2. The summed E-state index contributed by atoms with van der Waals surface area (Å²) in [7, 11) is 0. The highest BCUT2D eigenvalue weighted by molar-refractivity contribution is 5.79.